The van der Waals surface area contributed by atoms with Crippen LogP contribution in [-0.4, -0.2) is 9.97 Å². The van der Waals surface area contributed by atoms with Crippen LogP contribution >= 0.6 is 35.6 Å². The zero-order chi connectivity index (χ0) is 13.2. The lowest BCUT2D eigenvalue weighted by atomic mass is 10.2. The minimum absolute atomic E-state index is 0. The standard InChI is InChI=1S/C14H9Cl2N3.ClH/c15-9-5-6-10-13(7-9)17-8-18-14(10)19-12-4-2-1-3-11(12)16;/h1-8H,(H,17,18,19);1H. The zero-order valence-corrected chi connectivity index (χ0v) is 12.5. The molecule has 0 unspecified atom stereocenters. The maximum atomic E-state index is 6.12. The van der Waals surface area contributed by atoms with Crippen LogP contribution in [-0.2, 0) is 0 Å². The highest BCUT2D eigenvalue weighted by Gasteiger charge is 2.06. The molecule has 2 aromatic carbocycles. The monoisotopic (exact) mass is 325 g/mol. The molecule has 0 atom stereocenters. The fourth-order valence-corrected chi connectivity index (χ4v) is 2.17. The van der Waals surface area contributed by atoms with E-state index in [1.54, 1.807) is 6.07 Å². The number of fused-ring (bicyclic) bond motifs is 1. The summed E-state index contributed by atoms with van der Waals surface area (Å²) in [6, 6.07) is 13.0. The molecule has 0 aliphatic rings. The number of halogens is 3. The van der Waals surface area contributed by atoms with E-state index in [0.29, 0.717) is 15.9 Å². The average Bonchev–Trinajstić information content (AvgIpc) is 2.41. The van der Waals surface area contributed by atoms with Crippen molar-refractivity contribution in [2.24, 2.45) is 0 Å². The van der Waals surface area contributed by atoms with E-state index < -0.39 is 0 Å². The van der Waals surface area contributed by atoms with Gasteiger partial charge in [0.25, 0.3) is 0 Å². The summed E-state index contributed by atoms with van der Waals surface area (Å²) in [5.41, 5.74) is 1.59. The Morgan fingerprint density at radius 3 is 2.55 bits per heavy atom. The van der Waals surface area contributed by atoms with Crippen molar-refractivity contribution in [1.29, 1.82) is 0 Å². The first-order valence-electron chi connectivity index (χ1n) is 5.66. The molecule has 1 heterocycles. The van der Waals surface area contributed by atoms with Crippen LogP contribution in [0.2, 0.25) is 10.0 Å². The third-order valence-electron chi connectivity index (χ3n) is 2.73. The molecule has 3 aromatic rings. The van der Waals surface area contributed by atoms with Gasteiger partial charge in [0.1, 0.15) is 12.1 Å². The van der Waals surface area contributed by atoms with Gasteiger partial charge in [-0.25, -0.2) is 9.97 Å². The second kappa shape index (κ2) is 6.27. The number of nitrogens with zero attached hydrogens (tertiary/aromatic N) is 2. The van der Waals surface area contributed by atoms with Crippen LogP contribution in [0.5, 0.6) is 0 Å². The number of aromatic nitrogens is 2. The van der Waals surface area contributed by atoms with Gasteiger partial charge in [0, 0.05) is 10.4 Å². The Balaban J connectivity index is 0.00000147. The van der Waals surface area contributed by atoms with Crippen LogP contribution < -0.4 is 5.32 Å². The fraction of sp³-hybridized carbons (Fsp3) is 0. The van der Waals surface area contributed by atoms with E-state index in [2.05, 4.69) is 15.3 Å². The van der Waals surface area contributed by atoms with E-state index in [9.17, 15) is 0 Å². The van der Waals surface area contributed by atoms with Crippen LogP contribution in [0.25, 0.3) is 10.9 Å². The maximum Gasteiger partial charge on any atom is 0.141 e. The van der Waals surface area contributed by atoms with Gasteiger partial charge in [-0.1, -0.05) is 35.3 Å². The van der Waals surface area contributed by atoms with Gasteiger partial charge in [-0.15, -0.1) is 12.4 Å². The van der Waals surface area contributed by atoms with E-state index in [1.165, 1.54) is 6.33 Å². The fourth-order valence-electron chi connectivity index (χ4n) is 1.82. The summed E-state index contributed by atoms with van der Waals surface area (Å²) in [7, 11) is 0. The van der Waals surface area contributed by atoms with E-state index in [0.717, 1.165) is 16.6 Å². The topological polar surface area (TPSA) is 37.8 Å². The number of nitrogens with one attached hydrogen (secondary N) is 1. The predicted octanol–water partition coefficient (Wildman–Crippen LogP) is 5.10. The molecular weight excluding hydrogens is 317 g/mol. The molecular formula is C14H10Cl3N3. The average molecular weight is 327 g/mol. The van der Waals surface area contributed by atoms with Crippen LogP contribution in [0, 0.1) is 0 Å². The SMILES string of the molecule is Cl.Clc1ccc2c(Nc3ccccc3Cl)ncnc2c1. The van der Waals surface area contributed by atoms with Crippen LogP contribution in [0.15, 0.2) is 48.8 Å². The molecule has 0 spiro atoms. The van der Waals surface area contributed by atoms with Gasteiger partial charge in [0.2, 0.25) is 0 Å². The van der Waals surface area contributed by atoms with Crippen molar-refractivity contribution in [3.63, 3.8) is 0 Å². The largest absolute Gasteiger partial charge is 0.338 e. The molecule has 0 aliphatic heterocycles. The first-order valence-corrected chi connectivity index (χ1v) is 6.41. The highest BCUT2D eigenvalue weighted by atomic mass is 35.5. The highest BCUT2D eigenvalue weighted by Crippen LogP contribution is 2.28. The lowest BCUT2D eigenvalue weighted by Gasteiger charge is -2.09. The lowest BCUT2D eigenvalue weighted by Crippen LogP contribution is -1.96. The van der Waals surface area contributed by atoms with Gasteiger partial charge >= 0.3 is 0 Å². The summed E-state index contributed by atoms with van der Waals surface area (Å²) in [4.78, 5) is 8.45. The van der Waals surface area contributed by atoms with Gasteiger partial charge in [0.15, 0.2) is 0 Å². The number of hydrogen-bond acceptors (Lipinski definition) is 3. The molecule has 0 saturated heterocycles. The molecule has 1 aromatic heterocycles. The smallest absolute Gasteiger partial charge is 0.141 e. The second-order valence-electron chi connectivity index (χ2n) is 3.99. The van der Waals surface area contributed by atoms with Crippen LogP contribution in [0.1, 0.15) is 0 Å². The molecule has 0 aliphatic carbocycles. The normalized spacial score (nSPS) is 10.1. The van der Waals surface area contributed by atoms with E-state index >= 15 is 0 Å². The highest BCUT2D eigenvalue weighted by molar-refractivity contribution is 6.33. The Hall–Kier alpha value is -1.55. The molecule has 0 bridgehead atoms. The number of anilines is 2. The minimum Gasteiger partial charge on any atom is -0.338 e. The Bertz CT molecular complexity index is 747. The summed E-state index contributed by atoms with van der Waals surface area (Å²) in [6.07, 6.45) is 1.50. The van der Waals surface area contributed by atoms with Gasteiger partial charge in [-0.3, -0.25) is 0 Å². The van der Waals surface area contributed by atoms with Crippen molar-refractivity contribution < 1.29 is 0 Å². The molecule has 0 fully saturated rings. The predicted molar refractivity (Wildman–Crippen MR) is 86.5 cm³/mol. The third-order valence-corrected chi connectivity index (χ3v) is 3.29. The number of benzene rings is 2. The van der Waals surface area contributed by atoms with E-state index in [1.807, 2.05) is 36.4 Å². The molecule has 0 radical (unpaired) electrons. The van der Waals surface area contributed by atoms with Crippen molar-refractivity contribution in [3.05, 3.63) is 58.8 Å². The maximum absolute atomic E-state index is 6.12. The molecule has 3 nitrogen and oxygen atoms in total. The number of rotatable bonds is 2. The quantitative estimate of drug-likeness (QED) is 0.711. The Morgan fingerprint density at radius 2 is 1.75 bits per heavy atom. The molecule has 6 heteroatoms. The summed E-state index contributed by atoms with van der Waals surface area (Å²) < 4.78 is 0. The molecule has 102 valence electrons. The van der Waals surface area contributed by atoms with Gasteiger partial charge < -0.3 is 5.32 Å². The van der Waals surface area contributed by atoms with Crippen LogP contribution in [0.4, 0.5) is 11.5 Å². The molecule has 0 amide bonds. The van der Waals surface area contributed by atoms with E-state index in [-0.39, 0.29) is 12.4 Å². The summed E-state index contributed by atoms with van der Waals surface area (Å²) in [5.74, 6) is 0.703. The Kier molecular flexibility index (Phi) is 4.65. The Morgan fingerprint density at radius 1 is 0.950 bits per heavy atom. The lowest BCUT2D eigenvalue weighted by molar-refractivity contribution is 1.22. The summed E-state index contributed by atoms with van der Waals surface area (Å²) in [5, 5.41) is 5.39. The van der Waals surface area contributed by atoms with Crippen molar-refractivity contribution in [3.8, 4) is 0 Å². The molecule has 20 heavy (non-hydrogen) atoms. The molecule has 3 rings (SSSR count). The van der Waals surface area contributed by atoms with Gasteiger partial charge in [0.05, 0.1) is 16.2 Å². The van der Waals surface area contributed by atoms with Crippen LogP contribution in [0.3, 0.4) is 0 Å². The van der Waals surface area contributed by atoms with Gasteiger partial charge in [-0.2, -0.15) is 0 Å². The molecule has 1 N–H and O–H groups in total. The summed E-state index contributed by atoms with van der Waals surface area (Å²) >= 11 is 12.1. The van der Waals surface area contributed by atoms with Crippen molar-refractivity contribution in [2.75, 3.05) is 5.32 Å². The van der Waals surface area contributed by atoms with E-state index in [4.69, 9.17) is 23.2 Å². The number of para-hydroxylation sites is 1. The summed E-state index contributed by atoms with van der Waals surface area (Å²) in [6.45, 7) is 0. The number of hydrogen-bond donors (Lipinski definition) is 1. The van der Waals surface area contributed by atoms with Crippen molar-refractivity contribution in [1.82, 2.24) is 9.97 Å². The molecule has 0 saturated carbocycles. The minimum atomic E-state index is 0. The first kappa shape index (κ1) is 14.9. The zero-order valence-electron chi connectivity index (χ0n) is 10.2. The van der Waals surface area contributed by atoms with Crippen molar-refractivity contribution in [2.45, 2.75) is 0 Å². The van der Waals surface area contributed by atoms with Crippen molar-refractivity contribution >= 4 is 58.0 Å². The third kappa shape index (κ3) is 2.96. The Labute approximate surface area is 132 Å². The van der Waals surface area contributed by atoms with Gasteiger partial charge in [-0.05, 0) is 30.3 Å². The first-order chi connectivity index (χ1) is 9.24. The second-order valence-corrected chi connectivity index (χ2v) is 4.83.